The smallest absolute Gasteiger partial charge is 0.450 e. The van der Waals surface area contributed by atoms with Crippen LogP contribution in [0.25, 0.3) is 5.69 Å². The van der Waals surface area contributed by atoms with E-state index in [1.807, 2.05) is 6.92 Å². The third-order valence-corrected chi connectivity index (χ3v) is 8.39. The number of hydrogen-bond acceptors (Lipinski definition) is 6. The van der Waals surface area contributed by atoms with E-state index in [0.717, 1.165) is 41.7 Å². The van der Waals surface area contributed by atoms with E-state index in [0.29, 0.717) is 30.0 Å². The molecule has 6 rings (SSSR count). The summed E-state index contributed by atoms with van der Waals surface area (Å²) < 4.78 is 184. The maximum Gasteiger partial charge on any atom is 1.00 e. The molecule has 0 fully saturated rings. The third kappa shape index (κ3) is 26.6. The molecule has 6 aromatic rings. The second kappa shape index (κ2) is 32.6. The van der Waals surface area contributed by atoms with Crippen molar-refractivity contribution in [3.05, 3.63) is 169 Å². The summed E-state index contributed by atoms with van der Waals surface area (Å²) in [6.45, 7) is 3.67. The number of aromatic nitrogens is 4. The van der Waals surface area contributed by atoms with Gasteiger partial charge in [-0.25, -0.2) is 18.2 Å². The van der Waals surface area contributed by atoms with E-state index in [-0.39, 0.29) is 127 Å². The summed E-state index contributed by atoms with van der Waals surface area (Å²) in [5, 5.41) is 10.3. The van der Waals surface area contributed by atoms with Crippen LogP contribution < -0.4 is 46.0 Å². The van der Waals surface area contributed by atoms with Gasteiger partial charge in [0.15, 0.2) is 0 Å². The van der Waals surface area contributed by atoms with E-state index in [2.05, 4.69) is 46.8 Å². The van der Waals surface area contributed by atoms with Crippen LogP contribution in [0.2, 0.25) is 0 Å². The molecule has 0 aliphatic carbocycles. The van der Waals surface area contributed by atoms with Gasteiger partial charge in [0, 0.05) is 49.6 Å². The normalized spacial score (nSPS) is 10.2. The van der Waals surface area contributed by atoms with E-state index in [1.54, 1.807) is 19.3 Å². The molecular weight excluding hydrogens is 1310 g/mol. The molecule has 0 saturated carbocycles. The minimum Gasteiger partial charge on any atom is -0.450 e. The van der Waals surface area contributed by atoms with Gasteiger partial charge < -0.3 is 33.4 Å². The van der Waals surface area contributed by atoms with Crippen LogP contribution >= 0.6 is 55.8 Å². The number of alkyl halides is 12. The maximum absolute atomic E-state index is 12.7. The minimum atomic E-state index is -4.84. The fraction of sp³-hybridized carbons (Fsp3) is 0.225. The van der Waals surface area contributed by atoms with Crippen molar-refractivity contribution in [2.75, 3.05) is 11.5 Å². The molecular formula is C40H43Br2F15IN7NaO2Pd-. The summed E-state index contributed by atoms with van der Waals surface area (Å²) in [5.41, 5.74) is 7.17. The first-order chi connectivity index (χ1) is 28.3. The van der Waals surface area contributed by atoms with Crippen molar-refractivity contribution in [2.24, 2.45) is 0 Å². The number of nitro benzene ring substituents is 1. The molecule has 4 aromatic carbocycles. The number of nitrogens with two attached hydrogens (primary N) is 2. The molecule has 9 nitrogen and oxygen atoms in total. The van der Waals surface area contributed by atoms with Crippen LogP contribution in [0.1, 0.15) is 57.3 Å². The average molecular weight is 1350 g/mol. The van der Waals surface area contributed by atoms with Gasteiger partial charge in [-0.3, -0.25) is 10.1 Å². The molecule has 0 aliphatic heterocycles. The Bertz CT molecular complexity index is 2430. The third-order valence-electron chi connectivity index (χ3n) is 6.87. The molecule has 29 heteroatoms. The maximum atomic E-state index is 12.7. The summed E-state index contributed by atoms with van der Waals surface area (Å²) in [7, 11) is 0. The van der Waals surface area contributed by atoms with Crippen molar-refractivity contribution in [1.29, 1.82) is 0 Å². The second-order valence-electron chi connectivity index (χ2n) is 11.8. The van der Waals surface area contributed by atoms with Crippen LogP contribution in [0.5, 0.6) is 0 Å². The Kier molecular flexibility index (Phi) is 36.4. The summed E-state index contributed by atoms with van der Waals surface area (Å²) in [6.07, 6.45) is -12.0. The Morgan fingerprint density at radius 3 is 1.49 bits per heavy atom. The van der Waals surface area contributed by atoms with Crippen molar-refractivity contribution in [2.45, 2.75) is 60.8 Å². The van der Waals surface area contributed by atoms with Crippen LogP contribution in [-0.2, 0) is 45.1 Å². The van der Waals surface area contributed by atoms with Crippen LogP contribution in [0, 0.1) is 48.8 Å². The zero-order chi connectivity index (χ0) is 47.5. The first-order valence-corrected chi connectivity index (χ1v) is 17.6. The molecule has 0 unspecified atom stereocenters. The average Bonchev–Trinajstić information content (AvgIpc) is 3.79. The summed E-state index contributed by atoms with van der Waals surface area (Å²) in [6, 6.07) is 8.37. The number of imidazole rings is 2. The van der Waals surface area contributed by atoms with Gasteiger partial charge in [0.25, 0.3) is 5.69 Å². The fourth-order valence-corrected chi connectivity index (χ4v) is 5.28. The number of halogens is 18. The molecule has 0 saturated heterocycles. The SMILES string of the molecule is C.C.C.Cc1c[n-]cn1.Cc1cn(-c2cc(N)cc(C(F)(F)F)c2)cn1.Fc1ccc(Br)c(C(F)(F)F)c1.I.Nc1cc(F)cc(C(F)(F)F)c1.O=[N+]([O-])c1cc(F)cc(C(F)(F)F)c1Br.[CH3-].[HH].[Na+].[Pd]. The molecule has 2 heterocycles. The largest absolute Gasteiger partial charge is 1.00 e. The quantitative estimate of drug-likeness (QED) is 0.0335. The molecule has 4 N–H and O–H groups in total. The standard InChI is InChI=1S/C11H10F3N3.C7H2BrF4NO2.C7H3BrF4.C7H5F4N.C4H5N2.3CH4.CH3.HI.Na.Pd.H2/c1-7-5-17(6-16-7)10-3-8(11(12,13)14)2-9(15)4-10;8-6-4(7(10,11)12)1-3(9)2-5(6)13(14)15;8-6-2-1-4(9)3-5(6)7(10,11)12;8-5-1-4(7(9,10)11)2-6(12)3-5;1-4-2-5-3-6-4;;;;;;;;/h2-6H,15H2,1H3;1-2H;1-3H;1-3H,12H2;2-3H,1H3;3*1H4;1H3;1H;;;1H/q;;;;-1;;;;-1;;+1;;. The van der Waals surface area contributed by atoms with Crippen molar-refractivity contribution in [1.82, 2.24) is 19.5 Å². The fourth-order valence-electron chi connectivity index (χ4n) is 4.21. The first-order valence-electron chi connectivity index (χ1n) is 16.0. The Morgan fingerprint density at radius 1 is 0.667 bits per heavy atom. The number of aryl methyl sites for hydroxylation is 2. The number of hydrogen-bond donors (Lipinski definition) is 2. The van der Waals surface area contributed by atoms with Crippen LogP contribution in [0.4, 0.5) is 82.9 Å². The minimum absolute atomic E-state index is 0. The summed E-state index contributed by atoms with van der Waals surface area (Å²) in [4.78, 5) is 20.7. The predicted molar refractivity (Wildman–Crippen MR) is 245 cm³/mol. The van der Waals surface area contributed by atoms with Gasteiger partial charge in [0.1, 0.15) is 21.9 Å². The Labute approximate surface area is 458 Å². The number of rotatable bonds is 2. The van der Waals surface area contributed by atoms with Gasteiger partial charge in [0.05, 0.1) is 45.3 Å². The van der Waals surface area contributed by atoms with Crippen LogP contribution in [0.15, 0.2) is 101 Å². The van der Waals surface area contributed by atoms with Gasteiger partial charge in [-0.1, -0.05) is 56.4 Å². The van der Waals surface area contributed by atoms with Crippen molar-refractivity contribution >= 4 is 72.9 Å². The molecule has 0 radical (unpaired) electrons. The van der Waals surface area contributed by atoms with E-state index in [4.69, 9.17) is 11.5 Å². The Morgan fingerprint density at radius 2 is 1.13 bits per heavy atom. The topological polar surface area (TPSA) is 140 Å². The van der Waals surface area contributed by atoms with Crippen molar-refractivity contribution in [3.63, 3.8) is 0 Å². The second-order valence-corrected chi connectivity index (χ2v) is 13.5. The number of nitrogens with zero attached hydrogens (tertiary/aromatic N) is 5. The predicted octanol–water partition coefficient (Wildman–Crippen LogP) is 12.9. The molecule has 0 amide bonds. The van der Waals surface area contributed by atoms with Crippen molar-refractivity contribution < 1.29 is 122 Å². The van der Waals surface area contributed by atoms with E-state index >= 15 is 0 Å². The van der Waals surface area contributed by atoms with E-state index < -0.39 is 79.5 Å². The van der Waals surface area contributed by atoms with Crippen LogP contribution in [0.3, 0.4) is 0 Å². The van der Waals surface area contributed by atoms with Gasteiger partial charge in [-0.05, 0) is 90.4 Å². The molecule has 0 aliphatic rings. The van der Waals surface area contributed by atoms with Crippen LogP contribution in [-0.4, -0.2) is 19.5 Å². The molecule has 2 aromatic heterocycles. The Hall–Kier alpha value is -3.40. The summed E-state index contributed by atoms with van der Waals surface area (Å²) >= 11 is 5.10. The van der Waals surface area contributed by atoms with E-state index in [9.17, 15) is 76.0 Å². The number of anilines is 2. The molecule has 388 valence electrons. The van der Waals surface area contributed by atoms with Gasteiger partial charge >= 0.3 is 54.3 Å². The van der Waals surface area contributed by atoms with Gasteiger partial charge in [-0.15, -0.1) is 24.0 Å². The van der Waals surface area contributed by atoms with Gasteiger partial charge in [-0.2, -0.15) is 52.7 Å². The van der Waals surface area contributed by atoms with Crippen molar-refractivity contribution in [3.8, 4) is 5.69 Å². The number of nitro groups is 1. The molecule has 0 spiro atoms. The molecule has 0 bridgehead atoms. The number of nitrogen functional groups attached to an aromatic ring is 2. The van der Waals surface area contributed by atoms with E-state index in [1.165, 1.54) is 23.3 Å². The summed E-state index contributed by atoms with van der Waals surface area (Å²) in [5.74, 6) is -3.19. The zero-order valence-corrected chi connectivity index (χ0v) is 42.6. The first kappa shape index (κ1) is 77.1. The van der Waals surface area contributed by atoms with Gasteiger partial charge in [0.2, 0.25) is 0 Å². The Balaban J connectivity index is -0.000000141. The molecule has 0 atom stereocenters. The monoisotopic (exact) mass is 1350 g/mol. The number of benzene rings is 4. The zero-order valence-electron chi connectivity index (χ0n) is 33.5. The molecule has 69 heavy (non-hydrogen) atoms.